The normalized spacial score (nSPS) is 10.7. The van der Waals surface area contributed by atoms with E-state index in [1.54, 1.807) is 24.3 Å². The van der Waals surface area contributed by atoms with Crippen LogP contribution < -0.4 is 0 Å². The zero-order valence-corrected chi connectivity index (χ0v) is 10.5. The molecule has 0 radical (unpaired) electrons. The van der Waals surface area contributed by atoms with Gasteiger partial charge in [-0.1, -0.05) is 18.2 Å². The molecule has 3 aromatic rings. The van der Waals surface area contributed by atoms with Gasteiger partial charge >= 0.3 is 0 Å². The van der Waals surface area contributed by atoms with E-state index >= 15 is 0 Å². The molecule has 0 bridgehead atoms. The first kappa shape index (κ1) is 12.7. The number of non-ortho nitro benzene ring substituents is 2. The molecule has 104 valence electrons. The van der Waals surface area contributed by atoms with E-state index in [0.29, 0.717) is 11.2 Å². The third-order valence-electron chi connectivity index (χ3n) is 3.06. The van der Waals surface area contributed by atoms with E-state index in [-0.39, 0.29) is 16.8 Å². The van der Waals surface area contributed by atoms with Crippen LogP contribution in [-0.2, 0) is 0 Å². The molecular formula is C13H8N4O4. The van der Waals surface area contributed by atoms with E-state index in [1.165, 1.54) is 16.9 Å². The monoisotopic (exact) mass is 284 g/mol. The summed E-state index contributed by atoms with van der Waals surface area (Å²) < 4.78 is 1.44. The fourth-order valence-corrected chi connectivity index (χ4v) is 2.13. The zero-order valence-electron chi connectivity index (χ0n) is 10.5. The molecule has 8 nitrogen and oxygen atoms in total. The van der Waals surface area contributed by atoms with Crippen LogP contribution in [0.4, 0.5) is 11.4 Å². The van der Waals surface area contributed by atoms with Crippen LogP contribution in [0.3, 0.4) is 0 Å². The van der Waals surface area contributed by atoms with Crippen molar-refractivity contribution >= 4 is 22.3 Å². The minimum Gasteiger partial charge on any atom is -0.258 e. The molecule has 0 amide bonds. The summed E-state index contributed by atoms with van der Waals surface area (Å²) in [6, 6.07) is 11.1. The molecule has 0 N–H and O–H groups in total. The molecule has 0 aliphatic carbocycles. The smallest absolute Gasteiger partial charge is 0.258 e. The number of hydrogen-bond acceptors (Lipinski definition) is 5. The third-order valence-corrected chi connectivity index (χ3v) is 3.06. The lowest BCUT2D eigenvalue weighted by Gasteiger charge is -2.03. The molecule has 0 atom stereocenters. The fraction of sp³-hybridized carbons (Fsp3) is 0. The van der Waals surface area contributed by atoms with Gasteiger partial charge in [0.15, 0.2) is 0 Å². The number of hydrogen-bond donors (Lipinski definition) is 0. The van der Waals surface area contributed by atoms with Gasteiger partial charge in [-0.3, -0.25) is 20.2 Å². The number of fused-ring (bicyclic) bond motifs is 1. The largest absolute Gasteiger partial charge is 0.287 e. The Morgan fingerprint density at radius 2 is 1.71 bits per heavy atom. The number of benzene rings is 2. The Hall–Kier alpha value is -3.29. The highest BCUT2D eigenvalue weighted by atomic mass is 16.6. The predicted octanol–water partition coefficient (Wildman–Crippen LogP) is 2.84. The van der Waals surface area contributed by atoms with Crippen molar-refractivity contribution in [2.75, 3.05) is 0 Å². The van der Waals surface area contributed by atoms with Gasteiger partial charge in [-0.05, 0) is 12.1 Å². The Kier molecular flexibility index (Phi) is 2.83. The van der Waals surface area contributed by atoms with Gasteiger partial charge in [-0.25, -0.2) is 4.68 Å². The number of nitro benzene ring substituents is 2. The summed E-state index contributed by atoms with van der Waals surface area (Å²) in [4.78, 5) is 20.7. The Balaban J connectivity index is 2.35. The summed E-state index contributed by atoms with van der Waals surface area (Å²) in [7, 11) is 0. The van der Waals surface area contributed by atoms with E-state index in [4.69, 9.17) is 0 Å². The Bertz CT molecular complexity index is 857. The molecule has 2 aromatic carbocycles. The lowest BCUT2D eigenvalue weighted by molar-refractivity contribution is -0.393. The SMILES string of the molecule is O=[N+]([O-])c1cc([N+](=O)[O-])c2cnn(-c3ccccc3)c2c1. The summed E-state index contributed by atoms with van der Waals surface area (Å²) in [6.07, 6.45) is 1.34. The summed E-state index contributed by atoms with van der Waals surface area (Å²) in [6.45, 7) is 0. The topological polar surface area (TPSA) is 104 Å². The number of aromatic nitrogens is 2. The maximum absolute atomic E-state index is 11.1. The lowest BCUT2D eigenvalue weighted by Crippen LogP contribution is -1.97. The van der Waals surface area contributed by atoms with Crippen LogP contribution in [0.1, 0.15) is 0 Å². The van der Waals surface area contributed by atoms with E-state index in [1.807, 2.05) is 6.07 Å². The van der Waals surface area contributed by atoms with Crippen molar-refractivity contribution in [1.82, 2.24) is 9.78 Å². The highest BCUT2D eigenvalue weighted by Crippen LogP contribution is 2.31. The van der Waals surface area contributed by atoms with E-state index in [2.05, 4.69) is 5.10 Å². The van der Waals surface area contributed by atoms with E-state index < -0.39 is 9.85 Å². The predicted molar refractivity (Wildman–Crippen MR) is 74.4 cm³/mol. The van der Waals surface area contributed by atoms with Gasteiger partial charge in [0.25, 0.3) is 11.4 Å². The quantitative estimate of drug-likeness (QED) is 0.543. The first-order chi connectivity index (χ1) is 10.1. The molecule has 0 unspecified atom stereocenters. The van der Waals surface area contributed by atoms with Gasteiger partial charge < -0.3 is 0 Å². The second kappa shape index (κ2) is 4.67. The van der Waals surface area contributed by atoms with Gasteiger partial charge in [0.1, 0.15) is 0 Å². The minimum atomic E-state index is -0.658. The standard InChI is InChI=1S/C13H8N4O4/c18-16(19)10-6-12-11(13(7-10)17(20)21)8-14-15(12)9-4-2-1-3-5-9/h1-8H. The van der Waals surface area contributed by atoms with Crippen molar-refractivity contribution < 1.29 is 9.85 Å². The summed E-state index contributed by atoms with van der Waals surface area (Å²) in [5.41, 5.74) is 0.317. The molecule has 0 saturated heterocycles. The maximum Gasteiger partial charge on any atom is 0.287 e. The molecule has 21 heavy (non-hydrogen) atoms. The van der Waals surface area contributed by atoms with Crippen LogP contribution in [0.15, 0.2) is 48.7 Å². The molecule has 0 aliphatic heterocycles. The molecule has 0 aliphatic rings. The van der Waals surface area contributed by atoms with Gasteiger partial charge in [-0.15, -0.1) is 0 Å². The molecule has 0 fully saturated rings. The van der Waals surface area contributed by atoms with Crippen molar-refractivity contribution in [2.24, 2.45) is 0 Å². The number of para-hydroxylation sites is 1. The van der Waals surface area contributed by atoms with Gasteiger partial charge in [-0.2, -0.15) is 5.10 Å². The second-order valence-corrected chi connectivity index (χ2v) is 4.30. The number of nitro groups is 2. The summed E-state index contributed by atoms with van der Waals surface area (Å²) in [5, 5.41) is 26.4. The van der Waals surface area contributed by atoms with Crippen molar-refractivity contribution in [1.29, 1.82) is 0 Å². The average molecular weight is 284 g/mol. The van der Waals surface area contributed by atoms with Crippen LogP contribution in [0.5, 0.6) is 0 Å². The lowest BCUT2D eigenvalue weighted by atomic mass is 10.2. The Morgan fingerprint density at radius 3 is 2.33 bits per heavy atom. The van der Waals surface area contributed by atoms with Crippen LogP contribution in [0, 0.1) is 20.2 Å². The average Bonchev–Trinajstić information content (AvgIpc) is 2.90. The van der Waals surface area contributed by atoms with Crippen molar-refractivity contribution in [3.05, 3.63) is 68.9 Å². The first-order valence-corrected chi connectivity index (χ1v) is 5.94. The molecular weight excluding hydrogens is 276 g/mol. The molecule has 0 saturated carbocycles. The highest BCUT2D eigenvalue weighted by molar-refractivity contribution is 5.91. The number of rotatable bonds is 3. The van der Waals surface area contributed by atoms with E-state index in [9.17, 15) is 20.2 Å². The van der Waals surface area contributed by atoms with Gasteiger partial charge in [0.05, 0.1) is 38.7 Å². The minimum absolute atomic E-state index is 0.259. The van der Waals surface area contributed by atoms with Gasteiger partial charge in [0, 0.05) is 6.07 Å². The van der Waals surface area contributed by atoms with Crippen molar-refractivity contribution in [3.8, 4) is 5.69 Å². The molecule has 1 aromatic heterocycles. The molecule has 3 rings (SSSR count). The second-order valence-electron chi connectivity index (χ2n) is 4.30. The summed E-state index contributed by atoms with van der Waals surface area (Å²) >= 11 is 0. The maximum atomic E-state index is 11.1. The zero-order chi connectivity index (χ0) is 15.0. The van der Waals surface area contributed by atoms with Crippen LogP contribution in [-0.4, -0.2) is 19.6 Å². The van der Waals surface area contributed by atoms with Crippen molar-refractivity contribution in [3.63, 3.8) is 0 Å². The van der Waals surface area contributed by atoms with Gasteiger partial charge in [0.2, 0.25) is 0 Å². The summed E-state index contributed by atoms with van der Waals surface area (Å²) in [5.74, 6) is 0. The van der Waals surface area contributed by atoms with E-state index in [0.717, 1.165) is 6.07 Å². The molecule has 0 spiro atoms. The first-order valence-electron chi connectivity index (χ1n) is 5.94. The molecule has 1 heterocycles. The third kappa shape index (κ3) is 2.08. The fourth-order valence-electron chi connectivity index (χ4n) is 2.13. The highest BCUT2D eigenvalue weighted by Gasteiger charge is 2.22. The number of nitrogens with zero attached hydrogens (tertiary/aromatic N) is 4. The Labute approximate surface area is 117 Å². The molecule has 8 heteroatoms. The van der Waals surface area contributed by atoms with Crippen LogP contribution >= 0.6 is 0 Å². The Morgan fingerprint density at radius 1 is 1.00 bits per heavy atom. The van der Waals surface area contributed by atoms with Crippen LogP contribution in [0.2, 0.25) is 0 Å². The van der Waals surface area contributed by atoms with Crippen molar-refractivity contribution in [2.45, 2.75) is 0 Å². The van der Waals surface area contributed by atoms with Crippen LogP contribution in [0.25, 0.3) is 16.6 Å².